The summed E-state index contributed by atoms with van der Waals surface area (Å²) >= 11 is 0. The zero-order chi connectivity index (χ0) is 23.8. The molecule has 0 radical (unpaired) electrons. The van der Waals surface area contributed by atoms with Crippen molar-refractivity contribution in [2.24, 2.45) is 0 Å². The summed E-state index contributed by atoms with van der Waals surface area (Å²) in [7, 11) is 0. The Balaban J connectivity index is 1.43. The van der Waals surface area contributed by atoms with Crippen molar-refractivity contribution >= 4 is 11.9 Å². The summed E-state index contributed by atoms with van der Waals surface area (Å²) in [6.07, 6.45) is 4.72. The number of nitrogens with zero attached hydrogens (tertiary/aromatic N) is 1. The summed E-state index contributed by atoms with van der Waals surface area (Å²) < 4.78 is 5.20. The molecule has 178 valence electrons. The first kappa shape index (κ1) is 25.0. The van der Waals surface area contributed by atoms with Gasteiger partial charge in [0.1, 0.15) is 12.1 Å². The van der Waals surface area contributed by atoms with Crippen LogP contribution in [0.1, 0.15) is 58.1 Å². The third kappa shape index (κ3) is 8.32. The van der Waals surface area contributed by atoms with Crippen molar-refractivity contribution in [3.05, 3.63) is 59.7 Å². The topological polar surface area (TPSA) is 58.6 Å². The molecule has 1 aliphatic rings. The van der Waals surface area contributed by atoms with E-state index < -0.39 is 11.6 Å². The van der Waals surface area contributed by atoms with E-state index in [1.807, 2.05) is 0 Å². The molecule has 1 N–H and O–H groups in total. The van der Waals surface area contributed by atoms with Crippen molar-refractivity contribution in [2.45, 2.75) is 71.4 Å². The predicted molar refractivity (Wildman–Crippen MR) is 133 cm³/mol. The van der Waals surface area contributed by atoms with Gasteiger partial charge in [0.25, 0.3) is 0 Å². The molecular formula is C28H38N2O3. The minimum Gasteiger partial charge on any atom is -0.459 e. The first-order valence-electron chi connectivity index (χ1n) is 12.1. The van der Waals surface area contributed by atoms with Crippen LogP contribution in [0.25, 0.3) is 11.1 Å². The average Bonchev–Trinajstić information content (AvgIpc) is 3.19. The maximum Gasteiger partial charge on any atom is 0.325 e. The van der Waals surface area contributed by atoms with Gasteiger partial charge < -0.3 is 15.0 Å². The van der Waals surface area contributed by atoms with Crippen LogP contribution in [-0.4, -0.2) is 48.1 Å². The lowest BCUT2D eigenvalue weighted by molar-refractivity contribution is -0.154. The number of hydrogen-bond acceptors (Lipinski definition) is 4. The van der Waals surface area contributed by atoms with Gasteiger partial charge in [0.15, 0.2) is 0 Å². The lowest BCUT2D eigenvalue weighted by Crippen LogP contribution is -2.34. The van der Waals surface area contributed by atoms with Crippen molar-refractivity contribution in [3.63, 3.8) is 0 Å². The van der Waals surface area contributed by atoms with E-state index in [1.165, 1.54) is 36.1 Å². The molecule has 2 aromatic rings. The Kier molecular flexibility index (Phi) is 8.67. The van der Waals surface area contributed by atoms with Gasteiger partial charge in [-0.15, -0.1) is 0 Å². The van der Waals surface area contributed by atoms with Crippen LogP contribution in [0.4, 0.5) is 0 Å². The first-order chi connectivity index (χ1) is 15.7. The lowest BCUT2D eigenvalue weighted by Gasteiger charge is -2.20. The molecule has 5 nitrogen and oxygen atoms in total. The van der Waals surface area contributed by atoms with E-state index in [-0.39, 0.29) is 12.5 Å². The number of carbonyl (C=O) groups is 2. The molecule has 0 aromatic heterocycles. The van der Waals surface area contributed by atoms with Crippen LogP contribution < -0.4 is 5.32 Å². The molecule has 0 aliphatic carbocycles. The van der Waals surface area contributed by atoms with Gasteiger partial charge in [-0.2, -0.15) is 0 Å². The van der Waals surface area contributed by atoms with Crippen molar-refractivity contribution in [1.82, 2.24) is 10.2 Å². The summed E-state index contributed by atoms with van der Waals surface area (Å²) in [6.45, 7) is 10.0. The minimum atomic E-state index is -0.545. The number of ether oxygens (including phenoxy) is 1. The van der Waals surface area contributed by atoms with Gasteiger partial charge in [-0.25, -0.2) is 0 Å². The van der Waals surface area contributed by atoms with E-state index in [1.54, 1.807) is 20.8 Å². The van der Waals surface area contributed by atoms with Crippen LogP contribution in [0.5, 0.6) is 0 Å². The molecule has 1 aliphatic heterocycles. The van der Waals surface area contributed by atoms with Gasteiger partial charge in [0, 0.05) is 19.0 Å². The molecule has 33 heavy (non-hydrogen) atoms. The Hall–Kier alpha value is -2.66. The van der Waals surface area contributed by atoms with E-state index in [9.17, 15) is 9.59 Å². The SMILES string of the molecule is C[C@@H]1CCCN1CCc1ccc(-c2ccc(CCC(=O)NCC(=O)OC(C)(C)C)cc2)cc1. The van der Waals surface area contributed by atoms with E-state index in [0.29, 0.717) is 12.8 Å². The second-order valence-electron chi connectivity index (χ2n) is 10.0. The van der Waals surface area contributed by atoms with Crippen LogP contribution in [0.15, 0.2) is 48.5 Å². The van der Waals surface area contributed by atoms with Gasteiger partial charge in [0.05, 0.1) is 0 Å². The van der Waals surface area contributed by atoms with Crippen molar-refractivity contribution in [1.29, 1.82) is 0 Å². The van der Waals surface area contributed by atoms with Gasteiger partial charge in [0.2, 0.25) is 5.91 Å². The number of nitrogens with one attached hydrogen (secondary N) is 1. The minimum absolute atomic E-state index is 0.0951. The maximum atomic E-state index is 12.0. The molecule has 2 aromatic carbocycles. The fraction of sp³-hybridized carbons (Fsp3) is 0.500. The molecule has 0 bridgehead atoms. The molecule has 1 atom stereocenters. The zero-order valence-electron chi connectivity index (χ0n) is 20.5. The van der Waals surface area contributed by atoms with Crippen molar-refractivity contribution < 1.29 is 14.3 Å². The molecule has 1 saturated heterocycles. The van der Waals surface area contributed by atoms with Crippen LogP contribution in [0.2, 0.25) is 0 Å². The van der Waals surface area contributed by atoms with Gasteiger partial charge in [-0.05, 0) is 82.2 Å². The standard InChI is InChI=1S/C28H38N2O3/c1-21-6-5-18-30(21)19-17-23-9-14-25(15-10-23)24-12-7-22(8-13-24)11-16-26(31)29-20-27(32)33-28(2,3)4/h7-10,12-15,21H,5-6,11,16-20H2,1-4H3,(H,29,31)/t21-/m1/s1. The van der Waals surface area contributed by atoms with E-state index >= 15 is 0 Å². The van der Waals surface area contributed by atoms with Crippen LogP contribution in [0.3, 0.4) is 0 Å². The second-order valence-corrected chi connectivity index (χ2v) is 10.0. The maximum absolute atomic E-state index is 12.0. The van der Waals surface area contributed by atoms with Gasteiger partial charge in [-0.3, -0.25) is 9.59 Å². The molecule has 0 saturated carbocycles. The quantitative estimate of drug-likeness (QED) is 0.559. The molecule has 1 amide bonds. The number of rotatable bonds is 9. The number of benzene rings is 2. The summed E-state index contributed by atoms with van der Waals surface area (Å²) in [5, 5.41) is 2.63. The van der Waals surface area contributed by atoms with E-state index in [4.69, 9.17) is 4.74 Å². The molecule has 5 heteroatoms. The highest BCUT2D eigenvalue weighted by molar-refractivity contribution is 5.82. The monoisotopic (exact) mass is 450 g/mol. The summed E-state index contributed by atoms with van der Waals surface area (Å²) in [5.41, 5.74) is 4.31. The highest BCUT2D eigenvalue weighted by atomic mass is 16.6. The number of carbonyl (C=O) groups excluding carboxylic acids is 2. The Morgan fingerprint density at radius 3 is 2.06 bits per heavy atom. The number of likely N-dealkylation sites (tertiary alicyclic amines) is 1. The van der Waals surface area contributed by atoms with Gasteiger partial charge in [-0.1, -0.05) is 48.5 Å². The van der Waals surface area contributed by atoms with Crippen LogP contribution >= 0.6 is 0 Å². The van der Waals surface area contributed by atoms with E-state index in [2.05, 4.69) is 65.7 Å². The molecule has 3 rings (SSSR count). The summed E-state index contributed by atoms with van der Waals surface area (Å²) in [6, 6.07) is 17.9. The third-order valence-corrected chi connectivity index (χ3v) is 6.11. The predicted octanol–water partition coefficient (Wildman–Crippen LogP) is 4.77. The highest BCUT2D eigenvalue weighted by Gasteiger charge is 2.19. The Morgan fingerprint density at radius 1 is 0.970 bits per heavy atom. The molecular weight excluding hydrogens is 412 g/mol. The third-order valence-electron chi connectivity index (χ3n) is 6.11. The first-order valence-corrected chi connectivity index (χ1v) is 12.1. The van der Waals surface area contributed by atoms with Crippen molar-refractivity contribution in [3.8, 4) is 11.1 Å². The van der Waals surface area contributed by atoms with E-state index in [0.717, 1.165) is 24.6 Å². The normalized spacial score (nSPS) is 16.5. The Bertz CT molecular complexity index is 914. The Labute approximate surface area is 198 Å². The smallest absolute Gasteiger partial charge is 0.325 e. The number of hydrogen-bond donors (Lipinski definition) is 1. The van der Waals surface area contributed by atoms with Crippen molar-refractivity contribution in [2.75, 3.05) is 19.6 Å². The van der Waals surface area contributed by atoms with Gasteiger partial charge >= 0.3 is 5.97 Å². The zero-order valence-corrected chi connectivity index (χ0v) is 20.5. The lowest BCUT2D eigenvalue weighted by atomic mass is 10.0. The molecule has 1 heterocycles. The fourth-order valence-electron chi connectivity index (χ4n) is 4.22. The number of aryl methyl sites for hydroxylation is 1. The molecule has 0 spiro atoms. The second kappa shape index (κ2) is 11.5. The fourth-order valence-corrected chi connectivity index (χ4v) is 4.22. The van der Waals surface area contributed by atoms with Crippen LogP contribution in [0, 0.1) is 0 Å². The highest BCUT2D eigenvalue weighted by Crippen LogP contribution is 2.22. The summed E-state index contributed by atoms with van der Waals surface area (Å²) in [4.78, 5) is 26.3. The summed E-state index contributed by atoms with van der Waals surface area (Å²) in [5.74, 6) is -0.569. The van der Waals surface area contributed by atoms with Crippen LogP contribution in [-0.2, 0) is 27.2 Å². The largest absolute Gasteiger partial charge is 0.459 e. The average molecular weight is 451 g/mol. The number of esters is 1. The number of amides is 1. The Morgan fingerprint density at radius 2 is 1.55 bits per heavy atom. The molecule has 0 unspecified atom stereocenters. The molecule has 1 fully saturated rings.